The van der Waals surface area contributed by atoms with Gasteiger partial charge in [0, 0.05) is 49.1 Å². The lowest BCUT2D eigenvalue weighted by Gasteiger charge is -2.21. The van der Waals surface area contributed by atoms with Gasteiger partial charge in [-0.1, -0.05) is 54.1 Å². The van der Waals surface area contributed by atoms with Crippen molar-refractivity contribution in [1.82, 2.24) is 25.2 Å². The Labute approximate surface area is 210 Å². The molecule has 7 heteroatoms. The van der Waals surface area contributed by atoms with E-state index in [9.17, 15) is 4.79 Å². The number of nitrogens with zero attached hydrogens (tertiary/aromatic N) is 3. The number of oxazole rings is 1. The quantitative estimate of drug-likeness (QED) is 0.293. The highest BCUT2D eigenvalue weighted by atomic mass is 16.3. The van der Waals surface area contributed by atoms with Crippen molar-refractivity contribution in [3.8, 4) is 0 Å². The number of carbonyl (C=O) groups excluding carboxylic acids is 1. The molecule has 0 bridgehead atoms. The predicted octanol–water partition coefficient (Wildman–Crippen LogP) is 5.03. The first-order valence-electron chi connectivity index (χ1n) is 12.1. The summed E-state index contributed by atoms with van der Waals surface area (Å²) in [4.78, 5) is 26.8. The van der Waals surface area contributed by atoms with Crippen molar-refractivity contribution < 1.29 is 9.21 Å². The predicted molar refractivity (Wildman–Crippen MR) is 139 cm³/mol. The lowest BCUT2D eigenvalue weighted by molar-refractivity contribution is 0.0945. The fraction of sp³-hybridized carbons (Fsp3) is 0.207. The maximum atomic E-state index is 12.6. The molecule has 0 radical (unpaired) electrons. The molecule has 2 N–H and O–H groups in total. The monoisotopic (exact) mass is 479 g/mol. The van der Waals surface area contributed by atoms with E-state index in [1.807, 2.05) is 18.2 Å². The molecule has 3 aromatic heterocycles. The molecule has 0 saturated heterocycles. The Bertz CT molecular complexity index is 1420. The van der Waals surface area contributed by atoms with Crippen molar-refractivity contribution in [1.29, 1.82) is 0 Å². The molecule has 36 heavy (non-hydrogen) atoms. The minimum absolute atomic E-state index is 0.266. The molecule has 1 amide bonds. The van der Waals surface area contributed by atoms with E-state index in [1.54, 1.807) is 12.4 Å². The SMILES string of the molecule is Cc1ccc(CN(CCc2c[nH]c3ccccc23)Cc2nc(C(=O)NCc3cccnc3)co2)cc1. The Morgan fingerprint density at radius 3 is 2.72 bits per heavy atom. The smallest absolute Gasteiger partial charge is 0.273 e. The number of amides is 1. The van der Waals surface area contributed by atoms with E-state index in [1.165, 1.54) is 28.3 Å². The van der Waals surface area contributed by atoms with Gasteiger partial charge >= 0.3 is 0 Å². The minimum atomic E-state index is -0.266. The van der Waals surface area contributed by atoms with E-state index < -0.39 is 0 Å². The second kappa shape index (κ2) is 11.0. The van der Waals surface area contributed by atoms with Crippen molar-refractivity contribution in [2.24, 2.45) is 0 Å². The minimum Gasteiger partial charge on any atom is -0.447 e. The topological polar surface area (TPSA) is 87.0 Å². The fourth-order valence-corrected chi connectivity index (χ4v) is 4.24. The number of hydrogen-bond donors (Lipinski definition) is 2. The lowest BCUT2D eigenvalue weighted by Crippen LogP contribution is -2.26. The zero-order chi connectivity index (χ0) is 24.7. The van der Waals surface area contributed by atoms with Crippen LogP contribution in [-0.4, -0.2) is 32.3 Å². The number of H-pyrrole nitrogens is 1. The molecular weight excluding hydrogens is 450 g/mol. The van der Waals surface area contributed by atoms with E-state index in [-0.39, 0.29) is 11.6 Å². The molecule has 5 aromatic rings. The van der Waals surface area contributed by atoms with Gasteiger partial charge in [-0.25, -0.2) is 4.98 Å². The van der Waals surface area contributed by atoms with Gasteiger partial charge in [-0.3, -0.25) is 14.7 Å². The summed E-state index contributed by atoms with van der Waals surface area (Å²) in [6.07, 6.45) is 7.83. The maximum Gasteiger partial charge on any atom is 0.273 e. The van der Waals surface area contributed by atoms with E-state index in [4.69, 9.17) is 4.42 Å². The van der Waals surface area contributed by atoms with E-state index in [2.05, 4.69) is 80.8 Å². The molecule has 0 atom stereocenters. The van der Waals surface area contributed by atoms with Crippen molar-refractivity contribution in [2.45, 2.75) is 33.0 Å². The van der Waals surface area contributed by atoms with E-state index in [0.717, 1.165) is 30.6 Å². The summed E-state index contributed by atoms with van der Waals surface area (Å²) in [5.74, 6) is 0.255. The van der Waals surface area contributed by atoms with Gasteiger partial charge in [-0.05, 0) is 42.2 Å². The molecule has 3 heterocycles. The van der Waals surface area contributed by atoms with Crippen LogP contribution in [0.4, 0.5) is 0 Å². The van der Waals surface area contributed by atoms with Gasteiger partial charge in [0.15, 0.2) is 5.69 Å². The Kier molecular flexibility index (Phi) is 7.19. The van der Waals surface area contributed by atoms with Gasteiger partial charge in [0.2, 0.25) is 5.89 Å². The zero-order valence-corrected chi connectivity index (χ0v) is 20.3. The number of fused-ring (bicyclic) bond motifs is 1. The highest BCUT2D eigenvalue weighted by Gasteiger charge is 2.16. The molecule has 2 aromatic carbocycles. The number of nitrogens with one attached hydrogen (secondary N) is 2. The van der Waals surface area contributed by atoms with Crippen LogP contribution in [-0.2, 0) is 26.1 Å². The number of aryl methyl sites for hydroxylation is 1. The second-order valence-electron chi connectivity index (χ2n) is 8.98. The van der Waals surface area contributed by atoms with Gasteiger partial charge in [0.25, 0.3) is 5.91 Å². The summed E-state index contributed by atoms with van der Waals surface area (Å²) in [6, 6.07) is 20.7. The molecule has 0 unspecified atom stereocenters. The van der Waals surface area contributed by atoms with Crippen LogP contribution >= 0.6 is 0 Å². The molecule has 0 aliphatic heterocycles. The number of rotatable bonds is 10. The number of benzene rings is 2. The summed E-state index contributed by atoms with van der Waals surface area (Å²) < 4.78 is 5.70. The molecule has 0 saturated carbocycles. The first-order valence-corrected chi connectivity index (χ1v) is 12.1. The zero-order valence-electron chi connectivity index (χ0n) is 20.3. The molecule has 0 spiro atoms. The summed E-state index contributed by atoms with van der Waals surface area (Å²) >= 11 is 0. The van der Waals surface area contributed by atoms with Gasteiger partial charge in [0.05, 0.1) is 6.54 Å². The number of pyridine rings is 1. The number of carbonyl (C=O) groups is 1. The van der Waals surface area contributed by atoms with Crippen molar-refractivity contribution in [3.63, 3.8) is 0 Å². The molecule has 0 aliphatic rings. The van der Waals surface area contributed by atoms with Crippen LogP contribution in [0.1, 0.15) is 38.6 Å². The molecule has 7 nitrogen and oxygen atoms in total. The van der Waals surface area contributed by atoms with Crippen LogP contribution in [0.3, 0.4) is 0 Å². The van der Waals surface area contributed by atoms with Crippen LogP contribution in [0.5, 0.6) is 0 Å². The van der Waals surface area contributed by atoms with Gasteiger partial charge in [0.1, 0.15) is 6.26 Å². The Morgan fingerprint density at radius 2 is 1.89 bits per heavy atom. The Balaban J connectivity index is 1.26. The normalized spacial score (nSPS) is 11.3. The molecule has 182 valence electrons. The number of hydrogen-bond acceptors (Lipinski definition) is 5. The molecule has 0 aliphatic carbocycles. The number of aromatic nitrogens is 3. The fourth-order valence-electron chi connectivity index (χ4n) is 4.24. The highest BCUT2D eigenvalue weighted by molar-refractivity contribution is 5.91. The average Bonchev–Trinajstić information content (AvgIpc) is 3.55. The molecule has 0 fully saturated rings. The van der Waals surface area contributed by atoms with Crippen LogP contribution in [0.2, 0.25) is 0 Å². The van der Waals surface area contributed by atoms with Gasteiger partial charge in [-0.2, -0.15) is 0 Å². The van der Waals surface area contributed by atoms with Crippen LogP contribution < -0.4 is 5.32 Å². The Hall–Kier alpha value is -4.23. The molecule has 5 rings (SSSR count). The second-order valence-corrected chi connectivity index (χ2v) is 8.98. The van der Waals surface area contributed by atoms with E-state index in [0.29, 0.717) is 19.0 Å². The van der Waals surface area contributed by atoms with Crippen LogP contribution in [0, 0.1) is 6.92 Å². The van der Waals surface area contributed by atoms with Crippen molar-refractivity contribution >= 4 is 16.8 Å². The van der Waals surface area contributed by atoms with E-state index >= 15 is 0 Å². The van der Waals surface area contributed by atoms with Crippen LogP contribution in [0.25, 0.3) is 10.9 Å². The summed E-state index contributed by atoms with van der Waals surface area (Å²) in [5.41, 5.74) is 6.09. The average molecular weight is 480 g/mol. The van der Waals surface area contributed by atoms with Crippen LogP contribution in [0.15, 0.2) is 89.9 Å². The maximum absolute atomic E-state index is 12.6. The summed E-state index contributed by atoms with van der Waals surface area (Å²) in [6.45, 7) is 4.56. The largest absolute Gasteiger partial charge is 0.447 e. The number of para-hydroxylation sites is 1. The van der Waals surface area contributed by atoms with Crippen molar-refractivity contribution in [2.75, 3.05) is 6.54 Å². The summed E-state index contributed by atoms with van der Waals surface area (Å²) in [5, 5.41) is 4.12. The van der Waals surface area contributed by atoms with Gasteiger partial charge in [-0.15, -0.1) is 0 Å². The third-order valence-corrected chi connectivity index (χ3v) is 6.22. The highest BCUT2D eigenvalue weighted by Crippen LogP contribution is 2.19. The first-order chi connectivity index (χ1) is 17.6. The van der Waals surface area contributed by atoms with Crippen molar-refractivity contribution in [3.05, 3.63) is 119 Å². The summed E-state index contributed by atoms with van der Waals surface area (Å²) in [7, 11) is 0. The Morgan fingerprint density at radius 1 is 1.03 bits per heavy atom. The third kappa shape index (κ3) is 5.87. The standard InChI is InChI=1S/C29H29N5O2/c1-21-8-10-22(11-9-21)18-34(14-12-24-17-31-26-7-3-2-6-25(24)26)19-28-33-27(20-36-28)29(35)32-16-23-5-4-13-30-15-23/h2-11,13,15,17,20,31H,12,14,16,18-19H2,1H3,(H,32,35). The van der Waals surface area contributed by atoms with Gasteiger partial charge < -0.3 is 14.7 Å². The number of aromatic amines is 1. The first kappa shape index (κ1) is 23.5. The molecular formula is C29H29N5O2. The lowest BCUT2D eigenvalue weighted by atomic mass is 10.1. The third-order valence-electron chi connectivity index (χ3n) is 6.22.